The first-order valence-electron chi connectivity index (χ1n) is 7.86. The quantitative estimate of drug-likeness (QED) is 0.378. The van der Waals surface area contributed by atoms with Crippen LogP contribution in [-0.4, -0.2) is 24.5 Å². The molecular formula is C18H11N5O2S. The molecule has 0 atom stereocenters. The third kappa shape index (κ3) is 2.27. The lowest BCUT2D eigenvalue weighted by molar-refractivity contribution is -0.384. The highest BCUT2D eigenvalue weighted by molar-refractivity contribution is 7.20. The van der Waals surface area contributed by atoms with Gasteiger partial charge in [-0.15, -0.1) is 0 Å². The molecular weight excluding hydrogens is 350 g/mol. The topological polar surface area (TPSA) is 89.1 Å². The molecule has 0 saturated carbocycles. The van der Waals surface area contributed by atoms with Gasteiger partial charge in [-0.2, -0.15) is 5.10 Å². The van der Waals surface area contributed by atoms with Gasteiger partial charge < -0.3 is 4.98 Å². The largest absolute Gasteiger partial charge is 0.360 e. The normalized spacial score (nSPS) is 11.4. The van der Waals surface area contributed by atoms with Crippen LogP contribution < -0.4 is 0 Å². The van der Waals surface area contributed by atoms with Crippen molar-refractivity contribution in [1.29, 1.82) is 0 Å². The summed E-state index contributed by atoms with van der Waals surface area (Å²) in [6.45, 7) is 0. The van der Waals surface area contributed by atoms with E-state index >= 15 is 0 Å². The van der Waals surface area contributed by atoms with Gasteiger partial charge in [0, 0.05) is 40.4 Å². The molecule has 7 nitrogen and oxygen atoms in total. The first kappa shape index (κ1) is 14.8. The molecule has 2 aromatic carbocycles. The van der Waals surface area contributed by atoms with E-state index in [4.69, 9.17) is 0 Å². The second kappa shape index (κ2) is 5.50. The van der Waals surface area contributed by atoms with Gasteiger partial charge in [0.1, 0.15) is 5.01 Å². The Balaban J connectivity index is 1.54. The Kier molecular flexibility index (Phi) is 3.13. The van der Waals surface area contributed by atoms with Gasteiger partial charge in [-0.05, 0) is 18.2 Å². The Morgan fingerprint density at radius 1 is 1.12 bits per heavy atom. The molecule has 5 rings (SSSR count). The summed E-state index contributed by atoms with van der Waals surface area (Å²) >= 11 is 1.51. The summed E-state index contributed by atoms with van der Waals surface area (Å²) in [5.41, 5.74) is 3.75. The van der Waals surface area contributed by atoms with Gasteiger partial charge in [0.2, 0.25) is 4.96 Å². The molecule has 0 aliphatic heterocycles. The number of hydrogen-bond acceptors (Lipinski definition) is 5. The lowest BCUT2D eigenvalue weighted by Gasteiger charge is -1.96. The highest BCUT2D eigenvalue weighted by Gasteiger charge is 2.14. The Hall–Kier alpha value is -3.52. The maximum absolute atomic E-state index is 10.8. The van der Waals surface area contributed by atoms with Gasteiger partial charge in [0.05, 0.1) is 16.8 Å². The van der Waals surface area contributed by atoms with Crippen LogP contribution in [0.25, 0.3) is 37.7 Å². The number of nitro benzene ring substituents is 1. The van der Waals surface area contributed by atoms with Crippen molar-refractivity contribution >= 4 is 32.9 Å². The molecule has 126 valence electrons. The predicted octanol–water partition coefficient (Wildman–Crippen LogP) is 4.51. The van der Waals surface area contributed by atoms with Gasteiger partial charge in [-0.25, -0.2) is 9.50 Å². The van der Waals surface area contributed by atoms with E-state index in [1.807, 2.05) is 30.6 Å². The van der Waals surface area contributed by atoms with E-state index in [9.17, 15) is 10.1 Å². The fourth-order valence-corrected chi connectivity index (χ4v) is 3.86. The number of hydrogen-bond donors (Lipinski definition) is 1. The summed E-state index contributed by atoms with van der Waals surface area (Å²) in [4.78, 5) is 19.0. The highest BCUT2D eigenvalue weighted by atomic mass is 32.1. The zero-order valence-corrected chi connectivity index (χ0v) is 14.1. The second-order valence-corrected chi connectivity index (χ2v) is 6.77. The van der Waals surface area contributed by atoms with Gasteiger partial charge in [0.25, 0.3) is 5.69 Å². The number of H-pyrrole nitrogens is 1. The van der Waals surface area contributed by atoms with Crippen LogP contribution in [0.5, 0.6) is 0 Å². The molecule has 0 saturated heterocycles. The van der Waals surface area contributed by atoms with E-state index in [1.54, 1.807) is 16.6 Å². The van der Waals surface area contributed by atoms with Gasteiger partial charge >= 0.3 is 0 Å². The van der Waals surface area contributed by atoms with Crippen molar-refractivity contribution in [3.8, 4) is 21.8 Å². The Bertz CT molecular complexity index is 1230. The molecule has 1 N–H and O–H groups in total. The van der Waals surface area contributed by atoms with Crippen LogP contribution in [0.2, 0.25) is 0 Å². The van der Waals surface area contributed by atoms with Crippen molar-refractivity contribution < 1.29 is 4.92 Å². The maximum atomic E-state index is 10.8. The Labute approximate surface area is 150 Å². The minimum absolute atomic E-state index is 0.0644. The average Bonchev–Trinajstić information content (AvgIpc) is 3.34. The fourth-order valence-electron chi connectivity index (χ4n) is 2.95. The van der Waals surface area contributed by atoms with E-state index in [1.165, 1.54) is 23.5 Å². The van der Waals surface area contributed by atoms with Crippen molar-refractivity contribution in [3.63, 3.8) is 0 Å². The number of rotatable bonds is 3. The molecule has 0 aliphatic carbocycles. The van der Waals surface area contributed by atoms with Crippen LogP contribution in [0.1, 0.15) is 0 Å². The third-order valence-electron chi connectivity index (χ3n) is 4.24. The van der Waals surface area contributed by atoms with Crippen LogP contribution in [-0.2, 0) is 0 Å². The molecule has 0 bridgehead atoms. The molecule has 3 aromatic heterocycles. The monoisotopic (exact) mass is 361 g/mol. The van der Waals surface area contributed by atoms with E-state index in [0.717, 1.165) is 37.7 Å². The summed E-state index contributed by atoms with van der Waals surface area (Å²) < 4.78 is 1.75. The van der Waals surface area contributed by atoms with Crippen LogP contribution >= 0.6 is 11.3 Å². The number of aromatic nitrogens is 4. The van der Waals surface area contributed by atoms with Gasteiger partial charge in [-0.1, -0.05) is 29.5 Å². The second-order valence-electron chi connectivity index (χ2n) is 5.81. The SMILES string of the molecule is O=[N+]([O-])c1ccc(-c2cn3nc(-c4c[nH]c5ccccc45)sc3n2)cc1. The number of para-hydroxylation sites is 1. The number of nitrogens with one attached hydrogen (secondary N) is 1. The van der Waals surface area contributed by atoms with Crippen molar-refractivity contribution in [3.05, 3.63) is 71.0 Å². The van der Waals surface area contributed by atoms with Crippen molar-refractivity contribution in [2.45, 2.75) is 0 Å². The fraction of sp³-hybridized carbons (Fsp3) is 0. The Morgan fingerprint density at radius 2 is 1.92 bits per heavy atom. The van der Waals surface area contributed by atoms with E-state index < -0.39 is 4.92 Å². The molecule has 0 radical (unpaired) electrons. The summed E-state index contributed by atoms with van der Waals surface area (Å²) in [6, 6.07) is 14.5. The highest BCUT2D eigenvalue weighted by Crippen LogP contribution is 2.33. The minimum atomic E-state index is -0.412. The number of non-ortho nitro benzene ring substituents is 1. The maximum Gasteiger partial charge on any atom is 0.269 e. The molecule has 3 heterocycles. The van der Waals surface area contributed by atoms with Crippen LogP contribution in [0.3, 0.4) is 0 Å². The molecule has 8 heteroatoms. The number of aromatic amines is 1. The van der Waals surface area contributed by atoms with E-state index in [0.29, 0.717) is 0 Å². The lowest BCUT2D eigenvalue weighted by Crippen LogP contribution is -1.87. The molecule has 0 unspecified atom stereocenters. The number of fused-ring (bicyclic) bond motifs is 2. The van der Waals surface area contributed by atoms with Crippen molar-refractivity contribution in [1.82, 2.24) is 19.6 Å². The molecule has 0 amide bonds. The summed E-state index contributed by atoms with van der Waals surface area (Å²) in [5.74, 6) is 0. The third-order valence-corrected chi connectivity index (χ3v) is 5.19. The first-order valence-corrected chi connectivity index (χ1v) is 8.68. The number of imidazole rings is 1. The lowest BCUT2D eigenvalue weighted by atomic mass is 10.1. The van der Waals surface area contributed by atoms with Crippen molar-refractivity contribution in [2.75, 3.05) is 0 Å². The van der Waals surface area contributed by atoms with Crippen LogP contribution in [0.15, 0.2) is 60.9 Å². The van der Waals surface area contributed by atoms with Crippen LogP contribution in [0, 0.1) is 10.1 Å². The zero-order chi connectivity index (χ0) is 17.7. The minimum Gasteiger partial charge on any atom is -0.360 e. The van der Waals surface area contributed by atoms with Gasteiger partial charge in [-0.3, -0.25) is 10.1 Å². The molecule has 0 spiro atoms. The Morgan fingerprint density at radius 3 is 2.69 bits per heavy atom. The average molecular weight is 361 g/mol. The molecule has 0 fully saturated rings. The molecule has 26 heavy (non-hydrogen) atoms. The summed E-state index contributed by atoms with van der Waals surface area (Å²) in [7, 11) is 0. The standard InChI is InChI=1S/C18H11N5O2S/c24-23(25)12-7-5-11(6-8-12)16-10-22-18(20-16)26-17(21-22)14-9-19-15-4-2-1-3-13(14)15/h1-10,19H. The predicted molar refractivity (Wildman–Crippen MR) is 100 cm³/mol. The van der Waals surface area contributed by atoms with Crippen molar-refractivity contribution in [2.24, 2.45) is 0 Å². The summed E-state index contributed by atoms with van der Waals surface area (Å²) in [6.07, 6.45) is 3.80. The first-order chi connectivity index (χ1) is 12.7. The number of nitro groups is 1. The van der Waals surface area contributed by atoms with Crippen LogP contribution in [0.4, 0.5) is 5.69 Å². The van der Waals surface area contributed by atoms with E-state index in [2.05, 4.69) is 21.1 Å². The smallest absolute Gasteiger partial charge is 0.269 e. The zero-order valence-electron chi connectivity index (χ0n) is 13.3. The van der Waals surface area contributed by atoms with Gasteiger partial charge in [0.15, 0.2) is 0 Å². The number of benzene rings is 2. The molecule has 0 aliphatic rings. The summed E-state index contributed by atoms with van der Waals surface area (Å²) in [5, 5.41) is 17.4. The van der Waals surface area contributed by atoms with E-state index in [-0.39, 0.29) is 5.69 Å². The molecule has 5 aromatic rings. The number of nitrogens with zero attached hydrogens (tertiary/aromatic N) is 4.